The molecular weight excluding hydrogens is 148 g/mol. The van der Waals surface area contributed by atoms with Gasteiger partial charge < -0.3 is 0 Å². The second kappa shape index (κ2) is 4.70. The van der Waals surface area contributed by atoms with E-state index >= 15 is 0 Å². The van der Waals surface area contributed by atoms with Gasteiger partial charge in [-0.25, -0.2) is 0 Å². The van der Waals surface area contributed by atoms with E-state index in [0.717, 1.165) is 0 Å². The van der Waals surface area contributed by atoms with Gasteiger partial charge in [0, 0.05) is 18.8 Å². The molecule has 0 amide bonds. The maximum atomic E-state index is 11.1. The van der Waals surface area contributed by atoms with Crippen LogP contribution in [-0.4, -0.2) is 5.78 Å². The predicted octanol–water partition coefficient (Wildman–Crippen LogP) is 2.65. The van der Waals surface area contributed by atoms with Gasteiger partial charge in [0.05, 0.1) is 0 Å². The maximum absolute atomic E-state index is 11.1. The lowest BCUT2D eigenvalue weighted by atomic mass is 10.0. The summed E-state index contributed by atoms with van der Waals surface area (Å²) in [6.45, 7) is 1.91. The highest BCUT2D eigenvalue weighted by molar-refractivity contribution is 5.78. The minimum absolute atomic E-state index is 0.299. The van der Waals surface area contributed by atoms with Crippen LogP contribution >= 0.6 is 0 Å². The fourth-order valence-electron chi connectivity index (χ4n) is 1.15. The quantitative estimate of drug-likeness (QED) is 0.623. The van der Waals surface area contributed by atoms with E-state index in [1.54, 1.807) is 0 Å². The maximum Gasteiger partial charge on any atom is 0.133 e. The van der Waals surface area contributed by atoms with Gasteiger partial charge >= 0.3 is 0 Å². The third-order valence-corrected chi connectivity index (χ3v) is 1.91. The molecule has 0 aromatic rings. The van der Waals surface area contributed by atoms with Crippen molar-refractivity contribution in [2.24, 2.45) is 5.92 Å². The van der Waals surface area contributed by atoms with Gasteiger partial charge in [0.2, 0.25) is 0 Å². The molecule has 1 nitrogen and oxygen atoms in total. The van der Waals surface area contributed by atoms with Gasteiger partial charge in [-0.2, -0.15) is 0 Å². The minimum Gasteiger partial charge on any atom is -0.300 e. The molecule has 0 saturated carbocycles. The largest absolute Gasteiger partial charge is 0.300 e. The third kappa shape index (κ3) is 2.87. The van der Waals surface area contributed by atoms with Crippen molar-refractivity contribution in [2.45, 2.75) is 19.8 Å². The monoisotopic (exact) mass is 162 g/mol. The number of ketones is 1. The Hall–Kier alpha value is -1.11. The van der Waals surface area contributed by atoms with Crippen LogP contribution in [0.5, 0.6) is 0 Å². The molecule has 0 saturated heterocycles. The number of carbonyl (C=O) groups is 1. The zero-order chi connectivity index (χ0) is 8.81. The Balaban J connectivity index is 2.48. The summed E-state index contributed by atoms with van der Waals surface area (Å²) in [5.41, 5.74) is 0. The van der Waals surface area contributed by atoms with Crippen LogP contribution in [0.4, 0.5) is 0 Å². The van der Waals surface area contributed by atoms with Crippen molar-refractivity contribution < 1.29 is 4.79 Å². The predicted molar refractivity (Wildman–Crippen MR) is 50.8 cm³/mol. The molecule has 0 aromatic heterocycles. The SMILES string of the molecule is CCC(=O)CC1C=CC=CC=C1. The van der Waals surface area contributed by atoms with Crippen molar-refractivity contribution in [1.82, 2.24) is 0 Å². The van der Waals surface area contributed by atoms with E-state index in [-0.39, 0.29) is 0 Å². The van der Waals surface area contributed by atoms with Gasteiger partial charge in [-0.15, -0.1) is 0 Å². The average Bonchev–Trinajstić information content (AvgIpc) is 2.33. The van der Waals surface area contributed by atoms with E-state index in [9.17, 15) is 4.79 Å². The van der Waals surface area contributed by atoms with E-state index < -0.39 is 0 Å². The molecule has 0 spiro atoms. The highest BCUT2D eigenvalue weighted by Crippen LogP contribution is 2.11. The molecule has 0 aromatic carbocycles. The first-order chi connectivity index (χ1) is 5.83. The van der Waals surface area contributed by atoms with E-state index in [1.165, 1.54) is 0 Å². The number of hydrogen-bond donors (Lipinski definition) is 0. The number of rotatable bonds is 3. The van der Waals surface area contributed by atoms with Crippen molar-refractivity contribution in [3.05, 3.63) is 36.5 Å². The molecule has 1 rings (SSSR count). The Morgan fingerprint density at radius 2 is 1.75 bits per heavy atom. The van der Waals surface area contributed by atoms with Crippen LogP contribution in [0.3, 0.4) is 0 Å². The molecule has 12 heavy (non-hydrogen) atoms. The lowest BCUT2D eigenvalue weighted by molar-refractivity contribution is -0.119. The normalized spacial score (nSPS) is 16.4. The summed E-state index contributed by atoms with van der Waals surface area (Å²) in [4.78, 5) is 11.1. The van der Waals surface area contributed by atoms with Crippen molar-refractivity contribution >= 4 is 5.78 Å². The van der Waals surface area contributed by atoms with E-state index in [4.69, 9.17) is 0 Å². The summed E-state index contributed by atoms with van der Waals surface area (Å²) < 4.78 is 0. The number of Topliss-reactive ketones (excluding diaryl/α,β-unsaturated/α-hetero) is 1. The Morgan fingerprint density at radius 3 is 2.25 bits per heavy atom. The summed E-state index contributed by atoms with van der Waals surface area (Å²) in [7, 11) is 0. The Morgan fingerprint density at radius 1 is 1.17 bits per heavy atom. The summed E-state index contributed by atoms with van der Waals surface area (Å²) in [5.74, 6) is 0.628. The first-order valence-corrected chi connectivity index (χ1v) is 4.36. The molecule has 0 aliphatic heterocycles. The van der Waals surface area contributed by atoms with E-state index in [2.05, 4.69) is 12.2 Å². The van der Waals surface area contributed by atoms with Crippen LogP contribution in [0.25, 0.3) is 0 Å². The van der Waals surface area contributed by atoms with Crippen LogP contribution in [0, 0.1) is 5.92 Å². The number of hydrogen-bond acceptors (Lipinski definition) is 1. The van der Waals surface area contributed by atoms with Gasteiger partial charge in [0.15, 0.2) is 0 Å². The van der Waals surface area contributed by atoms with Gasteiger partial charge in [-0.05, 0) is 0 Å². The molecule has 64 valence electrons. The second-order valence-corrected chi connectivity index (χ2v) is 2.91. The summed E-state index contributed by atoms with van der Waals surface area (Å²) >= 11 is 0. The molecule has 0 N–H and O–H groups in total. The van der Waals surface area contributed by atoms with Crippen molar-refractivity contribution in [3.8, 4) is 0 Å². The molecule has 0 bridgehead atoms. The van der Waals surface area contributed by atoms with Crippen LogP contribution in [0.1, 0.15) is 19.8 Å². The molecule has 0 atom stereocenters. The zero-order valence-corrected chi connectivity index (χ0v) is 7.36. The van der Waals surface area contributed by atoms with Crippen LogP contribution in [0.2, 0.25) is 0 Å². The molecule has 1 aliphatic rings. The second-order valence-electron chi connectivity index (χ2n) is 2.91. The lowest BCUT2D eigenvalue weighted by Gasteiger charge is -2.03. The first kappa shape index (κ1) is 8.98. The van der Waals surface area contributed by atoms with Crippen LogP contribution < -0.4 is 0 Å². The molecule has 0 fully saturated rings. The fraction of sp³-hybridized carbons (Fsp3) is 0.364. The standard InChI is InChI=1S/C11H14O/c1-2-11(12)9-10-7-5-3-4-6-8-10/h3-8,10H,2,9H2,1H3. The van der Waals surface area contributed by atoms with Crippen molar-refractivity contribution in [2.75, 3.05) is 0 Å². The topological polar surface area (TPSA) is 17.1 Å². The number of allylic oxidation sites excluding steroid dienone is 6. The highest BCUT2D eigenvalue weighted by atomic mass is 16.1. The molecule has 0 heterocycles. The van der Waals surface area contributed by atoms with Gasteiger partial charge in [0.1, 0.15) is 5.78 Å². The van der Waals surface area contributed by atoms with E-state index in [1.807, 2.05) is 31.2 Å². The zero-order valence-electron chi connectivity index (χ0n) is 7.36. The van der Waals surface area contributed by atoms with Gasteiger partial charge in [-0.1, -0.05) is 43.4 Å². The highest BCUT2D eigenvalue weighted by Gasteiger charge is 2.05. The molecule has 0 radical (unpaired) electrons. The summed E-state index contributed by atoms with van der Waals surface area (Å²) in [6.07, 6.45) is 13.4. The lowest BCUT2D eigenvalue weighted by Crippen LogP contribution is -2.02. The average molecular weight is 162 g/mol. The smallest absolute Gasteiger partial charge is 0.133 e. The van der Waals surface area contributed by atoms with Gasteiger partial charge in [0.25, 0.3) is 0 Å². The minimum atomic E-state index is 0.299. The first-order valence-electron chi connectivity index (χ1n) is 4.36. The van der Waals surface area contributed by atoms with Crippen LogP contribution in [0.15, 0.2) is 36.5 Å². The van der Waals surface area contributed by atoms with Crippen molar-refractivity contribution in [3.63, 3.8) is 0 Å². The molecule has 0 unspecified atom stereocenters. The van der Waals surface area contributed by atoms with E-state index in [0.29, 0.717) is 24.5 Å². The fourth-order valence-corrected chi connectivity index (χ4v) is 1.15. The van der Waals surface area contributed by atoms with Gasteiger partial charge in [-0.3, -0.25) is 4.79 Å². The molecule has 1 aliphatic carbocycles. The number of carbonyl (C=O) groups excluding carboxylic acids is 1. The van der Waals surface area contributed by atoms with Crippen LogP contribution in [-0.2, 0) is 4.79 Å². The summed E-state index contributed by atoms with van der Waals surface area (Å²) in [6, 6.07) is 0. The molecule has 1 heteroatoms. The molecular formula is C11H14O. The Kier molecular flexibility index (Phi) is 3.52. The Bertz CT molecular complexity index is 217. The Labute approximate surface area is 73.5 Å². The third-order valence-electron chi connectivity index (χ3n) is 1.91. The summed E-state index contributed by atoms with van der Waals surface area (Å²) in [5, 5.41) is 0. The van der Waals surface area contributed by atoms with Crippen molar-refractivity contribution in [1.29, 1.82) is 0 Å².